The molecule has 1 fully saturated rings. The molecule has 0 saturated heterocycles. The van der Waals surface area contributed by atoms with Crippen molar-refractivity contribution in [2.45, 2.75) is 37.5 Å². The van der Waals surface area contributed by atoms with E-state index in [4.69, 9.17) is 5.73 Å². The van der Waals surface area contributed by atoms with E-state index in [1.165, 1.54) is 48.4 Å². The summed E-state index contributed by atoms with van der Waals surface area (Å²) in [7, 11) is 0. The largest absolute Gasteiger partial charge is 0.330 e. The molecule has 1 aliphatic carbocycles. The average Bonchev–Trinajstić information content (AvgIpc) is 2.47. The minimum absolute atomic E-state index is 0.238. The summed E-state index contributed by atoms with van der Waals surface area (Å²) in [5.74, 6) is 0. The van der Waals surface area contributed by atoms with Crippen LogP contribution in [0.3, 0.4) is 0 Å². The maximum atomic E-state index is 6.11. The Bertz CT molecular complexity index is 538. The molecule has 0 spiro atoms. The van der Waals surface area contributed by atoms with Gasteiger partial charge in [-0.15, -0.1) is 0 Å². The highest BCUT2D eigenvalue weighted by atomic mass is 14.6. The lowest BCUT2D eigenvalue weighted by atomic mass is 9.69. The molecular weight excluding hydrogens is 218 g/mol. The van der Waals surface area contributed by atoms with E-state index in [1.54, 1.807) is 0 Å². The first kappa shape index (κ1) is 11.7. The molecule has 0 radical (unpaired) electrons. The maximum Gasteiger partial charge on any atom is 0.00757 e. The molecule has 3 rings (SSSR count). The zero-order valence-electron chi connectivity index (χ0n) is 10.9. The Kier molecular flexibility index (Phi) is 3.09. The molecular formula is C17H21N. The van der Waals surface area contributed by atoms with Crippen molar-refractivity contribution in [2.75, 3.05) is 6.54 Å². The Balaban J connectivity index is 2.06. The molecule has 18 heavy (non-hydrogen) atoms. The Morgan fingerprint density at radius 2 is 1.61 bits per heavy atom. The van der Waals surface area contributed by atoms with Crippen LogP contribution < -0.4 is 5.73 Å². The highest BCUT2D eigenvalue weighted by molar-refractivity contribution is 5.83. The number of fused-ring (bicyclic) bond motifs is 1. The summed E-state index contributed by atoms with van der Waals surface area (Å²) >= 11 is 0. The van der Waals surface area contributed by atoms with Crippen LogP contribution in [-0.2, 0) is 5.41 Å². The topological polar surface area (TPSA) is 26.0 Å². The zero-order valence-corrected chi connectivity index (χ0v) is 10.9. The van der Waals surface area contributed by atoms with Gasteiger partial charge < -0.3 is 5.73 Å². The molecule has 0 unspecified atom stereocenters. The molecule has 0 bridgehead atoms. The summed E-state index contributed by atoms with van der Waals surface area (Å²) in [6.07, 6.45) is 6.52. The van der Waals surface area contributed by atoms with E-state index < -0.39 is 0 Å². The van der Waals surface area contributed by atoms with Crippen LogP contribution in [0, 0.1) is 0 Å². The van der Waals surface area contributed by atoms with Gasteiger partial charge in [-0.3, -0.25) is 0 Å². The van der Waals surface area contributed by atoms with Gasteiger partial charge in [-0.2, -0.15) is 0 Å². The lowest BCUT2D eigenvalue weighted by Gasteiger charge is -2.37. The average molecular weight is 239 g/mol. The first-order valence-electron chi connectivity index (χ1n) is 7.03. The summed E-state index contributed by atoms with van der Waals surface area (Å²) in [4.78, 5) is 0. The summed E-state index contributed by atoms with van der Waals surface area (Å²) in [6, 6.07) is 15.5. The van der Waals surface area contributed by atoms with Gasteiger partial charge in [0.1, 0.15) is 0 Å². The highest BCUT2D eigenvalue weighted by Crippen LogP contribution is 2.39. The van der Waals surface area contributed by atoms with Gasteiger partial charge in [0.25, 0.3) is 0 Å². The fourth-order valence-electron chi connectivity index (χ4n) is 3.36. The molecule has 1 saturated carbocycles. The smallest absolute Gasteiger partial charge is 0.00757 e. The van der Waals surface area contributed by atoms with Crippen LogP contribution in [0.5, 0.6) is 0 Å². The fourth-order valence-corrected chi connectivity index (χ4v) is 3.36. The van der Waals surface area contributed by atoms with E-state index in [0.717, 1.165) is 6.54 Å². The van der Waals surface area contributed by atoms with Gasteiger partial charge in [-0.05, 0) is 29.2 Å². The van der Waals surface area contributed by atoms with Crippen molar-refractivity contribution in [3.05, 3.63) is 48.0 Å². The molecule has 1 heteroatoms. The van der Waals surface area contributed by atoms with Crippen molar-refractivity contribution in [2.24, 2.45) is 5.73 Å². The first-order chi connectivity index (χ1) is 8.84. The molecule has 2 aromatic carbocycles. The van der Waals surface area contributed by atoms with Crippen LogP contribution in [-0.4, -0.2) is 6.54 Å². The number of nitrogens with two attached hydrogens (primary N) is 1. The molecule has 0 aliphatic heterocycles. The van der Waals surface area contributed by atoms with Crippen LogP contribution in [0.1, 0.15) is 37.7 Å². The summed E-state index contributed by atoms with van der Waals surface area (Å²) in [5, 5.41) is 2.66. The van der Waals surface area contributed by atoms with Crippen LogP contribution in [0.15, 0.2) is 42.5 Å². The van der Waals surface area contributed by atoms with E-state index in [9.17, 15) is 0 Å². The second-order valence-corrected chi connectivity index (χ2v) is 5.61. The molecule has 0 heterocycles. The standard InChI is InChI=1S/C17H21N/c18-13-17(10-4-1-5-11-17)16-9-8-14-6-2-3-7-15(14)12-16/h2-3,6-9,12H,1,4-5,10-11,13,18H2. The second-order valence-electron chi connectivity index (χ2n) is 5.61. The second kappa shape index (κ2) is 4.74. The number of rotatable bonds is 2. The van der Waals surface area contributed by atoms with Crippen molar-refractivity contribution >= 4 is 10.8 Å². The third-order valence-electron chi connectivity index (χ3n) is 4.56. The molecule has 1 nitrogen and oxygen atoms in total. The number of hydrogen-bond donors (Lipinski definition) is 1. The van der Waals surface area contributed by atoms with Crippen LogP contribution in [0.4, 0.5) is 0 Å². The van der Waals surface area contributed by atoms with Gasteiger partial charge in [0.15, 0.2) is 0 Å². The Hall–Kier alpha value is -1.34. The van der Waals surface area contributed by atoms with Crippen molar-refractivity contribution in [1.29, 1.82) is 0 Å². The Morgan fingerprint density at radius 1 is 0.889 bits per heavy atom. The lowest BCUT2D eigenvalue weighted by Crippen LogP contribution is -2.37. The van der Waals surface area contributed by atoms with Crippen LogP contribution in [0.25, 0.3) is 10.8 Å². The summed E-state index contributed by atoms with van der Waals surface area (Å²) in [6.45, 7) is 0.783. The van der Waals surface area contributed by atoms with Gasteiger partial charge in [0.05, 0.1) is 0 Å². The molecule has 94 valence electrons. The van der Waals surface area contributed by atoms with Gasteiger partial charge in [-0.1, -0.05) is 61.7 Å². The molecule has 0 atom stereocenters. The van der Waals surface area contributed by atoms with Crippen molar-refractivity contribution < 1.29 is 0 Å². The van der Waals surface area contributed by atoms with E-state index >= 15 is 0 Å². The van der Waals surface area contributed by atoms with E-state index in [0.29, 0.717) is 0 Å². The quantitative estimate of drug-likeness (QED) is 0.842. The van der Waals surface area contributed by atoms with Gasteiger partial charge in [0, 0.05) is 12.0 Å². The predicted octanol–water partition coefficient (Wildman–Crippen LogP) is 4.00. The maximum absolute atomic E-state index is 6.11. The fraction of sp³-hybridized carbons (Fsp3) is 0.412. The number of hydrogen-bond acceptors (Lipinski definition) is 1. The Morgan fingerprint density at radius 3 is 2.33 bits per heavy atom. The SMILES string of the molecule is NCC1(c2ccc3ccccc3c2)CCCCC1. The normalized spacial score (nSPS) is 18.9. The molecule has 0 amide bonds. The number of benzene rings is 2. The lowest BCUT2D eigenvalue weighted by molar-refractivity contribution is 0.301. The minimum atomic E-state index is 0.238. The zero-order chi connectivity index (χ0) is 12.4. The molecule has 0 aromatic heterocycles. The predicted molar refractivity (Wildman–Crippen MR) is 77.8 cm³/mol. The van der Waals surface area contributed by atoms with E-state index in [1.807, 2.05) is 0 Å². The highest BCUT2D eigenvalue weighted by Gasteiger charge is 2.32. The summed E-state index contributed by atoms with van der Waals surface area (Å²) < 4.78 is 0. The Labute approximate surface area is 109 Å². The monoisotopic (exact) mass is 239 g/mol. The summed E-state index contributed by atoms with van der Waals surface area (Å²) in [5.41, 5.74) is 7.80. The molecule has 2 N–H and O–H groups in total. The van der Waals surface area contributed by atoms with Gasteiger partial charge in [-0.25, -0.2) is 0 Å². The van der Waals surface area contributed by atoms with Crippen LogP contribution in [0.2, 0.25) is 0 Å². The third kappa shape index (κ3) is 1.93. The van der Waals surface area contributed by atoms with Gasteiger partial charge in [0.2, 0.25) is 0 Å². The van der Waals surface area contributed by atoms with E-state index in [-0.39, 0.29) is 5.41 Å². The molecule has 1 aliphatic rings. The van der Waals surface area contributed by atoms with E-state index in [2.05, 4.69) is 42.5 Å². The van der Waals surface area contributed by atoms with Crippen molar-refractivity contribution in [3.63, 3.8) is 0 Å². The van der Waals surface area contributed by atoms with Crippen molar-refractivity contribution in [3.8, 4) is 0 Å². The minimum Gasteiger partial charge on any atom is -0.330 e. The van der Waals surface area contributed by atoms with Crippen LogP contribution >= 0.6 is 0 Å². The molecule has 2 aromatic rings. The van der Waals surface area contributed by atoms with Crippen molar-refractivity contribution in [1.82, 2.24) is 0 Å². The van der Waals surface area contributed by atoms with Gasteiger partial charge >= 0.3 is 0 Å². The third-order valence-corrected chi connectivity index (χ3v) is 4.56. The first-order valence-corrected chi connectivity index (χ1v) is 7.03.